The third-order valence-electron chi connectivity index (χ3n) is 5.88. The van der Waals surface area contributed by atoms with Gasteiger partial charge in [-0.25, -0.2) is 9.97 Å². The van der Waals surface area contributed by atoms with E-state index < -0.39 is 5.92 Å². The van der Waals surface area contributed by atoms with Gasteiger partial charge in [0.25, 0.3) is 0 Å². The van der Waals surface area contributed by atoms with Crippen LogP contribution in [0.3, 0.4) is 0 Å². The highest BCUT2D eigenvalue weighted by molar-refractivity contribution is 6.30. The van der Waals surface area contributed by atoms with Gasteiger partial charge in [0.1, 0.15) is 17.4 Å². The van der Waals surface area contributed by atoms with E-state index in [0.717, 1.165) is 38.4 Å². The van der Waals surface area contributed by atoms with E-state index in [2.05, 4.69) is 6.07 Å². The lowest BCUT2D eigenvalue weighted by atomic mass is 9.81. The number of rotatable bonds is 1. The van der Waals surface area contributed by atoms with Crippen molar-refractivity contribution < 1.29 is 4.74 Å². The molecule has 5 nitrogen and oxygen atoms in total. The maximum absolute atomic E-state index is 10.0. The van der Waals surface area contributed by atoms with Crippen molar-refractivity contribution in [2.75, 3.05) is 0 Å². The molecule has 0 saturated heterocycles. The van der Waals surface area contributed by atoms with Crippen molar-refractivity contribution in [1.82, 2.24) is 9.97 Å². The molecule has 1 aromatic heterocycles. The summed E-state index contributed by atoms with van der Waals surface area (Å²) >= 11 is 6.14. The number of nitrogens with zero attached hydrogens (tertiary/aromatic N) is 3. The normalized spacial score (nSPS) is 15.6. The molecule has 0 amide bonds. The number of fused-ring (bicyclic) bond motifs is 7. The maximum atomic E-state index is 10.0. The van der Waals surface area contributed by atoms with Gasteiger partial charge in [0.05, 0.1) is 28.0 Å². The molecule has 0 bridgehead atoms. The molecule has 0 saturated carbocycles. The molecule has 1 unspecified atom stereocenters. The number of nitrogens with two attached hydrogens (primary N) is 1. The molecule has 2 heterocycles. The quantitative estimate of drug-likeness (QED) is 0.266. The minimum absolute atomic E-state index is 0.0956. The largest absolute Gasteiger partial charge is 0.439 e. The highest BCUT2D eigenvalue weighted by Gasteiger charge is 2.35. The lowest BCUT2D eigenvalue weighted by Crippen LogP contribution is -2.22. The first-order valence-corrected chi connectivity index (χ1v) is 10.5. The smallest absolute Gasteiger partial charge is 0.205 e. The summed E-state index contributed by atoms with van der Waals surface area (Å²) in [6.45, 7) is 0. The Morgan fingerprint density at radius 2 is 1.47 bits per heavy atom. The number of allylic oxidation sites excluding steroid dienone is 1. The Labute approximate surface area is 188 Å². The first-order valence-electron chi connectivity index (χ1n) is 10.1. The van der Waals surface area contributed by atoms with E-state index in [1.165, 1.54) is 0 Å². The molecule has 32 heavy (non-hydrogen) atoms. The highest BCUT2D eigenvalue weighted by atomic mass is 35.5. The molecule has 1 aliphatic heterocycles. The summed E-state index contributed by atoms with van der Waals surface area (Å²) < 4.78 is 6.09. The second-order valence-electron chi connectivity index (χ2n) is 7.67. The average Bonchev–Trinajstić information content (AvgIpc) is 2.83. The van der Waals surface area contributed by atoms with Gasteiger partial charge in [-0.1, -0.05) is 60.1 Å². The van der Waals surface area contributed by atoms with Crippen LogP contribution in [0, 0.1) is 11.3 Å². The number of aromatic nitrogens is 2. The predicted molar refractivity (Wildman–Crippen MR) is 125 cm³/mol. The minimum Gasteiger partial charge on any atom is -0.439 e. The summed E-state index contributed by atoms with van der Waals surface area (Å²) in [6.07, 6.45) is 0. The molecule has 0 aliphatic carbocycles. The molecule has 6 rings (SSSR count). The van der Waals surface area contributed by atoms with Crippen LogP contribution in [-0.4, -0.2) is 9.97 Å². The zero-order valence-corrected chi connectivity index (χ0v) is 17.5. The Hall–Kier alpha value is -4.14. The second kappa shape index (κ2) is 6.94. The van der Waals surface area contributed by atoms with E-state index in [9.17, 15) is 5.26 Å². The van der Waals surface area contributed by atoms with E-state index >= 15 is 0 Å². The summed E-state index contributed by atoms with van der Waals surface area (Å²) in [6, 6.07) is 25.3. The number of hydrogen-bond donors (Lipinski definition) is 1. The number of nitriles is 1. The second-order valence-corrected chi connectivity index (χ2v) is 8.11. The van der Waals surface area contributed by atoms with E-state index in [1.807, 2.05) is 72.8 Å². The first-order chi connectivity index (χ1) is 15.7. The fourth-order valence-corrected chi connectivity index (χ4v) is 4.58. The van der Waals surface area contributed by atoms with Crippen LogP contribution in [0.15, 0.2) is 84.3 Å². The van der Waals surface area contributed by atoms with Gasteiger partial charge in [-0.3, -0.25) is 0 Å². The Morgan fingerprint density at radius 3 is 2.16 bits per heavy atom. The fourth-order valence-electron chi connectivity index (χ4n) is 4.45. The van der Waals surface area contributed by atoms with Crippen LogP contribution >= 0.6 is 11.6 Å². The van der Waals surface area contributed by atoms with Crippen LogP contribution in [0.25, 0.3) is 32.8 Å². The monoisotopic (exact) mass is 434 g/mol. The van der Waals surface area contributed by atoms with Gasteiger partial charge in [-0.05, 0) is 29.8 Å². The third-order valence-corrected chi connectivity index (χ3v) is 6.13. The summed E-state index contributed by atoms with van der Waals surface area (Å²) in [5.74, 6) is 0.246. The predicted octanol–water partition coefficient (Wildman–Crippen LogP) is 5.81. The van der Waals surface area contributed by atoms with Gasteiger partial charge >= 0.3 is 0 Å². The molecule has 2 N–H and O–H groups in total. The van der Waals surface area contributed by atoms with Crippen LogP contribution in [0.1, 0.15) is 17.0 Å². The van der Waals surface area contributed by atoms with Gasteiger partial charge in [0.15, 0.2) is 0 Å². The number of para-hydroxylation sites is 2. The number of halogens is 1. The lowest BCUT2D eigenvalue weighted by Gasteiger charge is -2.28. The molecular formula is C26H15ClN4O. The topological polar surface area (TPSA) is 84.8 Å². The van der Waals surface area contributed by atoms with Crippen molar-refractivity contribution in [3.05, 3.63) is 100 Å². The van der Waals surface area contributed by atoms with Crippen LogP contribution in [0.4, 0.5) is 0 Å². The molecule has 152 valence electrons. The number of hydrogen-bond acceptors (Lipinski definition) is 5. The van der Waals surface area contributed by atoms with E-state index in [4.69, 9.17) is 32.0 Å². The van der Waals surface area contributed by atoms with Gasteiger partial charge in [0.2, 0.25) is 5.88 Å². The Bertz CT molecular complexity index is 1630. The zero-order chi connectivity index (χ0) is 21.8. The van der Waals surface area contributed by atoms with Gasteiger partial charge in [0, 0.05) is 21.4 Å². The van der Waals surface area contributed by atoms with Crippen molar-refractivity contribution in [2.24, 2.45) is 5.73 Å². The fraction of sp³-hybridized carbons (Fsp3) is 0.0385. The van der Waals surface area contributed by atoms with Crippen LogP contribution < -0.4 is 10.5 Å². The van der Waals surface area contributed by atoms with Crippen LogP contribution in [-0.2, 0) is 0 Å². The molecular weight excluding hydrogens is 420 g/mol. The Morgan fingerprint density at radius 1 is 0.844 bits per heavy atom. The maximum Gasteiger partial charge on any atom is 0.205 e. The summed E-state index contributed by atoms with van der Waals surface area (Å²) in [5, 5.41) is 12.4. The molecule has 5 aromatic rings. The van der Waals surface area contributed by atoms with Gasteiger partial charge in [-0.2, -0.15) is 5.26 Å². The first kappa shape index (κ1) is 18.6. The van der Waals surface area contributed by atoms with E-state index in [0.29, 0.717) is 21.9 Å². The van der Waals surface area contributed by atoms with Crippen molar-refractivity contribution in [3.63, 3.8) is 0 Å². The third kappa shape index (κ3) is 2.64. The van der Waals surface area contributed by atoms with Crippen molar-refractivity contribution in [3.8, 4) is 11.8 Å². The van der Waals surface area contributed by atoms with E-state index in [1.54, 1.807) is 0 Å². The van der Waals surface area contributed by atoms with Crippen molar-refractivity contribution in [1.29, 1.82) is 5.26 Å². The number of ether oxygens (including phenoxy) is 1. The standard InChI is InChI=1S/C26H15ClN4O/c27-15-11-9-14(10-12-15)21-18(13-28)26(29)32-25-17-6-2-1-5-16(17)23-24(22(21)25)31-20-8-4-3-7-19(20)30-23/h1-12,21H,29H2. The van der Waals surface area contributed by atoms with Gasteiger partial charge < -0.3 is 10.5 Å². The lowest BCUT2D eigenvalue weighted by molar-refractivity contribution is 0.399. The molecule has 6 heteroatoms. The van der Waals surface area contributed by atoms with Crippen LogP contribution in [0.5, 0.6) is 5.75 Å². The van der Waals surface area contributed by atoms with Crippen molar-refractivity contribution >= 4 is 44.4 Å². The summed E-state index contributed by atoms with van der Waals surface area (Å²) in [5.41, 5.74) is 11.3. The summed E-state index contributed by atoms with van der Waals surface area (Å²) in [7, 11) is 0. The van der Waals surface area contributed by atoms with Crippen LogP contribution in [0.2, 0.25) is 5.02 Å². The van der Waals surface area contributed by atoms with Gasteiger partial charge in [-0.15, -0.1) is 0 Å². The molecule has 4 aromatic carbocycles. The van der Waals surface area contributed by atoms with Crippen molar-refractivity contribution in [2.45, 2.75) is 5.92 Å². The molecule has 0 fully saturated rings. The number of benzene rings is 4. The highest BCUT2D eigenvalue weighted by Crippen LogP contribution is 2.49. The Balaban J connectivity index is 1.82. The molecule has 1 atom stereocenters. The molecule has 0 radical (unpaired) electrons. The SMILES string of the molecule is N#CC1=C(N)Oc2c(c3nc4ccccc4nc3c3ccccc23)C1c1ccc(Cl)cc1. The van der Waals surface area contributed by atoms with E-state index in [-0.39, 0.29) is 5.88 Å². The Kier molecular flexibility index (Phi) is 4.04. The summed E-state index contributed by atoms with van der Waals surface area (Å²) in [4.78, 5) is 9.94. The zero-order valence-electron chi connectivity index (χ0n) is 16.7. The average molecular weight is 435 g/mol. The molecule has 1 aliphatic rings. The minimum atomic E-state index is -0.455. The molecule has 0 spiro atoms.